The van der Waals surface area contributed by atoms with Gasteiger partial charge in [-0.15, -0.1) is 0 Å². The number of fused-ring (bicyclic) bond motifs is 1. The minimum atomic E-state index is -3.32. The molecule has 15 heavy (non-hydrogen) atoms. The molecule has 0 N–H and O–H groups in total. The summed E-state index contributed by atoms with van der Waals surface area (Å²) in [7, 11) is -1.72. The first-order chi connectivity index (χ1) is 6.86. The second-order valence-electron chi connectivity index (χ2n) is 4.52. The maximum absolute atomic E-state index is 12.0. The second-order valence-corrected chi connectivity index (χ2v) is 6.53. The van der Waals surface area contributed by atoms with Crippen LogP contribution >= 0.6 is 0 Å². The number of aromatic nitrogens is 1. The molecular weight excluding hydrogens is 212 g/mol. The highest BCUT2D eigenvalue weighted by molar-refractivity contribution is 7.89. The summed E-state index contributed by atoms with van der Waals surface area (Å²) in [6, 6.07) is 1.79. The molecule has 1 aliphatic heterocycles. The minimum absolute atomic E-state index is 0.154. The summed E-state index contributed by atoms with van der Waals surface area (Å²) in [5.74, 6) is 0. The van der Waals surface area contributed by atoms with Gasteiger partial charge in [0.2, 0.25) is 10.0 Å². The van der Waals surface area contributed by atoms with Crippen molar-refractivity contribution in [3.05, 3.63) is 24.0 Å². The number of pyridine rings is 1. The Hall–Kier alpha value is -0.940. The molecule has 1 aliphatic rings. The van der Waals surface area contributed by atoms with E-state index < -0.39 is 10.0 Å². The lowest BCUT2D eigenvalue weighted by Gasteiger charge is -2.36. The van der Waals surface area contributed by atoms with Crippen LogP contribution in [0.5, 0.6) is 0 Å². The lowest BCUT2D eigenvalue weighted by Crippen LogP contribution is -2.44. The molecule has 4 nitrogen and oxygen atoms in total. The Kier molecular flexibility index (Phi) is 2.13. The van der Waals surface area contributed by atoms with Crippen molar-refractivity contribution in [3.63, 3.8) is 0 Å². The average molecular weight is 226 g/mol. The van der Waals surface area contributed by atoms with E-state index in [4.69, 9.17) is 0 Å². The summed E-state index contributed by atoms with van der Waals surface area (Å²) in [6.07, 6.45) is 3.07. The Balaban J connectivity index is 2.76. The third-order valence-corrected chi connectivity index (χ3v) is 4.65. The van der Waals surface area contributed by atoms with Gasteiger partial charge in [0.05, 0.1) is 0 Å². The van der Waals surface area contributed by atoms with Crippen molar-refractivity contribution in [2.75, 3.05) is 13.6 Å². The summed E-state index contributed by atoms with van der Waals surface area (Å²) in [6.45, 7) is 4.58. The molecule has 0 spiro atoms. The predicted molar refractivity (Wildman–Crippen MR) is 57.1 cm³/mol. The summed E-state index contributed by atoms with van der Waals surface area (Å²) >= 11 is 0. The Labute approximate surface area is 90.0 Å². The van der Waals surface area contributed by atoms with Gasteiger partial charge in [-0.25, -0.2) is 8.42 Å². The maximum atomic E-state index is 12.0. The van der Waals surface area contributed by atoms with Gasteiger partial charge in [-0.1, -0.05) is 13.8 Å². The molecule has 0 bridgehead atoms. The van der Waals surface area contributed by atoms with Crippen LogP contribution in [0.15, 0.2) is 23.4 Å². The Bertz CT molecular complexity index is 494. The predicted octanol–water partition coefficient (Wildman–Crippen LogP) is 0.993. The van der Waals surface area contributed by atoms with Crippen LogP contribution in [0.3, 0.4) is 0 Å². The van der Waals surface area contributed by atoms with Crippen LogP contribution in [0.25, 0.3) is 0 Å². The SMILES string of the molecule is CN1CC(C)(C)c2ccncc2S1(=O)=O. The molecule has 0 radical (unpaired) electrons. The largest absolute Gasteiger partial charge is 0.263 e. The van der Waals surface area contributed by atoms with Crippen LogP contribution in [0.2, 0.25) is 0 Å². The van der Waals surface area contributed by atoms with Gasteiger partial charge in [-0.2, -0.15) is 4.31 Å². The molecule has 2 rings (SSSR count). The van der Waals surface area contributed by atoms with Crippen molar-refractivity contribution >= 4 is 10.0 Å². The van der Waals surface area contributed by atoms with Crippen LogP contribution in [-0.4, -0.2) is 31.3 Å². The molecule has 1 aromatic rings. The lowest BCUT2D eigenvalue weighted by atomic mass is 9.85. The van der Waals surface area contributed by atoms with Crippen molar-refractivity contribution < 1.29 is 8.42 Å². The van der Waals surface area contributed by atoms with E-state index >= 15 is 0 Å². The number of hydrogen-bond donors (Lipinski definition) is 0. The summed E-state index contributed by atoms with van der Waals surface area (Å²) in [4.78, 5) is 4.22. The third-order valence-electron chi connectivity index (χ3n) is 2.82. The number of hydrogen-bond acceptors (Lipinski definition) is 3. The molecule has 1 aromatic heterocycles. The molecule has 2 heterocycles. The van der Waals surface area contributed by atoms with Crippen molar-refractivity contribution in [1.82, 2.24) is 9.29 Å². The maximum Gasteiger partial charge on any atom is 0.244 e. The molecule has 0 atom stereocenters. The highest BCUT2D eigenvalue weighted by atomic mass is 32.2. The molecule has 0 unspecified atom stereocenters. The van der Waals surface area contributed by atoms with Gasteiger partial charge in [-0.05, 0) is 11.6 Å². The van der Waals surface area contributed by atoms with Gasteiger partial charge in [0.15, 0.2) is 0 Å². The van der Waals surface area contributed by atoms with E-state index in [0.29, 0.717) is 11.4 Å². The number of sulfonamides is 1. The standard InChI is InChI=1S/C10H14N2O2S/c1-10(2)7-12(3)15(13,14)9-6-11-5-4-8(9)10/h4-6H,7H2,1-3H3. The summed E-state index contributed by atoms with van der Waals surface area (Å²) in [5, 5.41) is 0. The molecule has 0 saturated carbocycles. The smallest absolute Gasteiger partial charge is 0.244 e. The summed E-state index contributed by atoms with van der Waals surface area (Å²) in [5.41, 5.74) is 0.703. The van der Waals surface area contributed by atoms with Crippen LogP contribution in [-0.2, 0) is 15.4 Å². The van der Waals surface area contributed by atoms with Crippen molar-refractivity contribution in [1.29, 1.82) is 0 Å². The first kappa shape index (κ1) is 10.6. The molecule has 0 saturated heterocycles. The van der Waals surface area contributed by atoms with Crippen LogP contribution < -0.4 is 0 Å². The highest BCUT2D eigenvalue weighted by Crippen LogP contribution is 2.35. The van der Waals surface area contributed by atoms with E-state index in [-0.39, 0.29) is 5.41 Å². The van der Waals surface area contributed by atoms with Gasteiger partial charge in [-0.3, -0.25) is 4.98 Å². The van der Waals surface area contributed by atoms with Crippen molar-refractivity contribution in [3.8, 4) is 0 Å². The van der Waals surface area contributed by atoms with Gasteiger partial charge < -0.3 is 0 Å². The van der Waals surface area contributed by atoms with E-state index in [1.165, 1.54) is 10.5 Å². The quantitative estimate of drug-likeness (QED) is 0.663. The molecule has 0 aromatic carbocycles. The van der Waals surface area contributed by atoms with E-state index in [1.807, 2.05) is 13.8 Å². The third kappa shape index (κ3) is 1.46. The molecular formula is C10H14N2O2S. The number of nitrogens with zero attached hydrogens (tertiary/aromatic N) is 2. The Morgan fingerprint density at radius 3 is 2.80 bits per heavy atom. The first-order valence-corrected chi connectivity index (χ1v) is 6.20. The zero-order chi connectivity index (χ0) is 11.3. The number of likely N-dealkylation sites (N-methyl/N-ethyl adjacent to an activating group) is 1. The van der Waals surface area contributed by atoms with Crippen LogP contribution in [0, 0.1) is 0 Å². The van der Waals surface area contributed by atoms with Gasteiger partial charge in [0.1, 0.15) is 4.90 Å². The van der Waals surface area contributed by atoms with Gasteiger partial charge in [0.25, 0.3) is 0 Å². The van der Waals surface area contributed by atoms with E-state index in [0.717, 1.165) is 5.56 Å². The average Bonchev–Trinajstić information content (AvgIpc) is 2.15. The van der Waals surface area contributed by atoms with Gasteiger partial charge >= 0.3 is 0 Å². The zero-order valence-electron chi connectivity index (χ0n) is 9.06. The normalized spacial score (nSPS) is 23.4. The molecule has 82 valence electrons. The van der Waals surface area contributed by atoms with E-state index in [2.05, 4.69) is 4.98 Å². The lowest BCUT2D eigenvalue weighted by molar-refractivity contribution is 0.349. The zero-order valence-corrected chi connectivity index (χ0v) is 9.87. The fraction of sp³-hybridized carbons (Fsp3) is 0.500. The van der Waals surface area contributed by atoms with E-state index in [1.54, 1.807) is 19.3 Å². The molecule has 0 fully saturated rings. The minimum Gasteiger partial charge on any atom is -0.263 e. The van der Waals surface area contributed by atoms with Crippen LogP contribution in [0.4, 0.5) is 0 Å². The van der Waals surface area contributed by atoms with Crippen molar-refractivity contribution in [2.24, 2.45) is 0 Å². The van der Waals surface area contributed by atoms with Crippen molar-refractivity contribution in [2.45, 2.75) is 24.2 Å². The molecule has 5 heteroatoms. The number of rotatable bonds is 0. The Morgan fingerprint density at radius 1 is 1.47 bits per heavy atom. The second kappa shape index (κ2) is 3.02. The van der Waals surface area contributed by atoms with Gasteiger partial charge in [0, 0.05) is 31.4 Å². The highest BCUT2D eigenvalue weighted by Gasteiger charge is 2.39. The topological polar surface area (TPSA) is 50.3 Å². The molecule has 0 aliphatic carbocycles. The monoisotopic (exact) mass is 226 g/mol. The van der Waals surface area contributed by atoms with Crippen LogP contribution in [0.1, 0.15) is 19.4 Å². The fourth-order valence-corrected chi connectivity index (χ4v) is 3.68. The van der Waals surface area contributed by atoms with E-state index in [9.17, 15) is 8.42 Å². The fourth-order valence-electron chi connectivity index (χ4n) is 2.04. The molecule has 0 amide bonds. The summed E-state index contributed by atoms with van der Waals surface area (Å²) < 4.78 is 25.3. The Morgan fingerprint density at radius 2 is 2.13 bits per heavy atom. The first-order valence-electron chi connectivity index (χ1n) is 4.76.